The second-order valence-electron chi connectivity index (χ2n) is 5.15. The molecule has 0 fully saturated rings. The average molecular weight is 323 g/mol. The van der Waals surface area contributed by atoms with Gasteiger partial charge >= 0.3 is 0 Å². The van der Waals surface area contributed by atoms with Crippen LogP contribution < -0.4 is 5.32 Å². The minimum absolute atomic E-state index is 0.171. The zero-order valence-electron chi connectivity index (χ0n) is 13.0. The fourth-order valence-electron chi connectivity index (χ4n) is 2.22. The molecule has 0 aliphatic rings. The lowest BCUT2D eigenvalue weighted by molar-refractivity contribution is 0.102. The van der Waals surface area contributed by atoms with Gasteiger partial charge in [-0.05, 0) is 31.0 Å². The fraction of sp³-hybridized carbons (Fsp3) is 0.167. The van der Waals surface area contributed by atoms with Gasteiger partial charge in [0.1, 0.15) is 15.7 Å². The number of anilines is 1. The molecule has 116 valence electrons. The summed E-state index contributed by atoms with van der Waals surface area (Å²) in [5.41, 5.74) is 3.06. The van der Waals surface area contributed by atoms with Crippen LogP contribution in [0.4, 0.5) is 5.82 Å². The Labute approximate surface area is 139 Å². The first-order chi connectivity index (χ1) is 11.2. The van der Waals surface area contributed by atoms with Crippen LogP contribution in [0.25, 0.3) is 10.6 Å². The zero-order chi connectivity index (χ0) is 16.2. The summed E-state index contributed by atoms with van der Waals surface area (Å²) in [6.07, 6.45) is 2.66. The third-order valence-electron chi connectivity index (χ3n) is 3.52. The van der Waals surface area contributed by atoms with Crippen molar-refractivity contribution in [3.63, 3.8) is 0 Å². The molecule has 3 aromatic rings. The van der Waals surface area contributed by atoms with Crippen LogP contribution in [-0.4, -0.2) is 15.9 Å². The monoisotopic (exact) mass is 323 g/mol. The van der Waals surface area contributed by atoms with Gasteiger partial charge in [-0.25, -0.2) is 9.97 Å². The highest BCUT2D eigenvalue weighted by Gasteiger charge is 2.16. The highest BCUT2D eigenvalue weighted by molar-refractivity contribution is 7.17. The maximum atomic E-state index is 12.4. The van der Waals surface area contributed by atoms with Crippen LogP contribution in [0.5, 0.6) is 0 Å². The summed E-state index contributed by atoms with van der Waals surface area (Å²) in [5.74, 6) is 0.370. The lowest BCUT2D eigenvalue weighted by Gasteiger charge is -2.01. The Morgan fingerprint density at radius 2 is 1.96 bits per heavy atom. The molecule has 0 radical (unpaired) electrons. The number of amides is 1. The Hall–Kier alpha value is -2.53. The molecule has 0 saturated carbocycles. The van der Waals surface area contributed by atoms with E-state index in [0.29, 0.717) is 10.7 Å². The number of rotatable bonds is 4. The van der Waals surface area contributed by atoms with Gasteiger partial charge in [0.15, 0.2) is 0 Å². The molecule has 5 heteroatoms. The molecular formula is C18H17N3OS. The van der Waals surface area contributed by atoms with Crippen LogP contribution in [0.3, 0.4) is 0 Å². The van der Waals surface area contributed by atoms with E-state index in [4.69, 9.17) is 0 Å². The van der Waals surface area contributed by atoms with E-state index < -0.39 is 0 Å². The van der Waals surface area contributed by atoms with Crippen LogP contribution in [0.2, 0.25) is 0 Å². The van der Waals surface area contributed by atoms with E-state index in [0.717, 1.165) is 22.7 Å². The fourth-order valence-corrected chi connectivity index (χ4v) is 3.19. The zero-order valence-corrected chi connectivity index (χ0v) is 13.9. The molecule has 23 heavy (non-hydrogen) atoms. The van der Waals surface area contributed by atoms with Crippen molar-refractivity contribution in [1.29, 1.82) is 0 Å². The lowest BCUT2D eigenvalue weighted by atomic mass is 10.1. The van der Waals surface area contributed by atoms with E-state index in [9.17, 15) is 4.79 Å². The molecule has 1 N–H and O–H groups in total. The molecule has 2 aromatic heterocycles. The van der Waals surface area contributed by atoms with Gasteiger partial charge in [-0.1, -0.05) is 37.3 Å². The number of hydrogen-bond donors (Lipinski definition) is 1. The van der Waals surface area contributed by atoms with Crippen molar-refractivity contribution in [2.75, 3.05) is 5.32 Å². The van der Waals surface area contributed by atoms with Crippen molar-refractivity contribution in [1.82, 2.24) is 9.97 Å². The number of benzene rings is 1. The Morgan fingerprint density at radius 1 is 1.17 bits per heavy atom. The van der Waals surface area contributed by atoms with Gasteiger partial charge in [0.25, 0.3) is 5.91 Å². The summed E-state index contributed by atoms with van der Waals surface area (Å²) in [6.45, 7) is 3.98. The van der Waals surface area contributed by atoms with Crippen molar-refractivity contribution in [2.24, 2.45) is 0 Å². The molecular weight excluding hydrogens is 306 g/mol. The standard InChI is InChI=1S/C18H17N3OS/c1-3-13-7-9-14(10-8-13)18-20-12(2)16(23-18)17(22)21-15-6-4-5-11-19-15/h4-11H,3H2,1-2H3,(H,19,21,22). The second kappa shape index (κ2) is 6.71. The Bertz CT molecular complexity index is 810. The first-order valence-electron chi connectivity index (χ1n) is 7.46. The lowest BCUT2D eigenvalue weighted by Crippen LogP contribution is -2.12. The van der Waals surface area contributed by atoms with Crippen molar-refractivity contribution < 1.29 is 4.79 Å². The van der Waals surface area contributed by atoms with E-state index in [1.165, 1.54) is 16.9 Å². The minimum Gasteiger partial charge on any atom is -0.306 e. The third kappa shape index (κ3) is 3.46. The predicted octanol–water partition coefficient (Wildman–Crippen LogP) is 4.33. The average Bonchev–Trinajstić information content (AvgIpc) is 2.98. The topological polar surface area (TPSA) is 54.9 Å². The number of nitrogens with one attached hydrogen (secondary N) is 1. The van der Waals surface area contributed by atoms with Gasteiger partial charge < -0.3 is 5.32 Å². The van der Waals surface area contributed by atoms with Crippen molar-refractivity contribution in [3.05, 3.63) is 64.8 Å². The quantitative estimate of drug-likeness (QED) is 0.777. The number of aromatic nitrogens is 2. The van der Waals surface area contributed by atoms with Crippen LogP contribution in [-0.2, 0) is 6.42 Å². The maximum Gasteiger partial charge on any atom is 0.268 e. The van der Waals surface area contributed by atoms with Gasteiger partial charge in [0, 0.05) is 11.8 Å². The summed E-state index contributed by atoms with van der Waals surface area (Å²) in [6, 6.07) is 13.7. The van der Waals surface area contributed by atoms with Gasteiger partial charge in [-0.15, -0.1) is 11.3 Å². The molecule has 4 nitrogen and oxygen atoms in total. The Morgan fingerprint density at radius 3 is 2.61 bits per heavy atom. The Kier molecular flexibility index (Phi) is 4.48. The SMILES string of the molecule is CCc1ccc(-c2nc(C)c(C(=O)Nc3ccccn3)s2)cc1. The number of carbonyl (C=O) groups is 1. The molecule has 0 spiro atoms. The van der Waals surface area contributed by atoms with E-state index in [2.05, 4.69) is 46.5 Å². The first-order valence-corrected chi connectivity index (χ1v) is 8.28. The maximum absolute atomic E-state index is 12.4. The van der Waals surface area contributed by atoms with Gasteiger partial charge in [-0.3, -0.25) is 4.79 Å². The molecule has 0 aliphatic heterocycles. The molecule has 0 atom stereocenters. The third-order valence-corrected chi connectivity index (χ3v) is 4.72. The molecule has 0 saturated heterocycles. The molecule has 3 rings (SSSR count). The molecule has 0 aliphatic carbocycles. The highest BCUT2D eigenvalue weighted by Crippen LogP contribution is 2.28. The molecule has 2 heterocycles. The molecule has 0 bridgehead atoms. The van der Waals surface area contributed by atoms with Crippen LogP contribution in [0.15, 0.2) is 48.7 Å². The molecule has 1 aromatic carbocycles. The number of thiazole rings is 1. The van der Waals surface area contributed by atoms with Crippen LogP contribution >= 0.6 is 11.3 Å². The van der Waals surface area contributed by atoms with E-state index >= 15 is 0 Å². The van der Waals surface area contributed by atoms with E-state index in [1.807, 2.05) is 19.1 Å². The van der Waals surface area contributed by atoms with Crippen LogP contribution in [0.1, 0.15) is 27.9 Å². The van der Waals surface area contributed by atoms with Gasteiger partial charge in [-0.2, -0.15) is 0 Å². The van der Waals surface area contributed by atoms with E-state index in [1.54, 1.807) is 12.3 Å². The number of aryl methyl sites for hydroxylation is 2. The second-order valence-corrected chi connectivity index (χ2v) is 6.15. The van der Waals surface area contributed by atoms with Crippen molar-refractivity contribution in [2.45, 2.75) is 20.3 Å². The molecule has 0 unspecified atom stereocenters. The molecule has 1 amide bonds. The summed E-state index contributed by atoms with van der Waals surface area (Å²) in [4.78, 5) is 21.7. The summed E-state index contributed by atoms with van der Waals surface area (Å²) < 4.78 is 0. The van der Waals surface area contributed by atoms with Crippen molar-refractivity contribution in [3.8, 4) is 10.6 Å². The number of nitrogens with zero attached hydrogens (tertiary/aromatic N) is 2. The predicted molar refractivity (Wildman–Crippen MR) is 93.9 cm³/mol. The van der Waals surface area contributed by atoms with Gasteiger partial charge in [0.2, 0.25) is 0 Å². The number of carbonyl (C=O) groups excluding carboxylic acids is 1. The van der Waals surface area contributed by atoms with E-state index in [-0.39, 0.29) is 5.91 Å². The summed E-state index contributed by atoms with van der Waals surface area (Å²) in [5, 5.41) is 3.66. The van der Waals surface area contributed by atoms with Gasteiger partial charge in [0.05, 0.1) is 5.69 Å². The normalized spacial score (nSPS) is 10.5. The van der Waals surface area contributed by atoms with Crippen molar-refractivity contribution >= 4 is 23.1 Å². The number of pyridine rings is 1. The largest absolute Gasteiger partial charge is 0.306 e. The minimum atomic E-state index is -0.171. The summed E-state index contributed by atoms with van der Waals surface area (Å²) >= 11 is 1.40. The highest BCUT2D eigenvalue weighted by atomic mass is 32.1. The first kappa shape index (κ1) is 15.4. The smallest absolute Gasteiger partial charge is 0.268 e. The Balaban J connectivity index is 1.84. The summed E-state index contributed by atoms with van der Waals surface area (Å²) in [7, 11) is 0. The van der Waals surface area contributed by atoms with Crippen LogP contribution in [0, 0.1) is 6.92 Å². The number of hydrogen-bond acceptors (Lipinski definition) is 4.